The molecule has 0 saturated heterocycles. The van der Waals surface area contributed by atoms with Gasteiger partial charge in [0, 0.05) is 30.2 Å². The largest absolute Gasteiger partial charge is 0.372 e. The Morgan fingerprint density at radius 3 is 2.48 bits per heavy atom. The molecule has 0 radical (unpaired) electrons. The topological polar surface area (TPSA) is 90.1 Å². The maximum atomic E-state index is 12.3. The SMILES string of the molecule is CCN(CC)c1ccc(NC(=O)C(=O)Nc2ccc3nc[nH]c3c2)c(C)c1. The summed E-state index contributed by atoms with van der Waals surface area (Å²) in [5.74, 6) is -1.43. The van der Waals surface area contributed by atoms with E-state index in [1.807, 2.05) is 25.1 Å². The Morgan fingerprint density at radius 2 is 1.78 bits per heavy atom. The molecule has 3 aromatic rings. The Morgan fingerprint density at radius 1 is 1.04 bits per heavy atom. The third-order valence-electron chi connectivity index (χ3n) is 4.47. The van der Waals surface area contributed by atoms with E-state index < -0.39 is 11.8 Å². The highest BCUT2D eigenvalue weighted by atomic mass is 16.2. The number of imidazole rings is 1. The first-order chi connectivity index (χ1) is 13.0. The number of amides is 2. The zero-order chi connectivity index (χ0) is 19.4. The summed E-state index contributed by atoms with van der Waals surface area (Å²) in [7, 11) is 0. The van der Waals surface area contributed by atoms with Crippen LogP contribution >= 0.6 is 0 Å². The number of rotatable bonds is 5. The molecule has 1 aromatic heterocycles. The zero-order valence-electron chi connectivity index (χ0n) is 15.7. The molecule has 140 valence electrons. The van der Waals surface area contributed by atoms with Crippen molar-refractivity contribution >= 4 is 39.9 Å². The van der Waals surface area contributed by atoms with E-state index in [2.05, 4.69) is 39.3 Å². The van der Waals surface area contributed by atoms with Crippen LogP contribution in [-0.4, -0.2) is 34.9 Å². The highest BCUT2D eigenvalue weighted by Crippen LogP contribution is 2.23. The van der Waals surface area contributed by atoms with Crippen molar-refractivity contribution in [2.24, 2.45) is 0 Å². The monoisotopic (exact) mass is 365 g/mol. The molecular formula is C20H23N5O2. The molecule has 7 nitrogen and oxygen atoms in total. The molecule has 7 heteroatoms. The smallest absolute Gasteiger partial charge is 0.314 e. The highest BCUT2D eigenvalue weighted by molar-refractivity contribution is 6.43. The van der Waals surface area contributed by atoms with Gasteiger partial charge in [0.1, 0.15) is 0 Å². The van der Waals surface area contributed by atoms with Gasteiger partial charge in [0.05, 0.1) is 17.4 Å². The highest BCUT2D eigenvalue weighted by Gasteiger charge is 2.16. The predicted molar refractivity (Wildman–Crippen MR) is 108 cm³/mol. The molecule has 1 heterocycles. The van der Waals surface area contributed by atoms with Crippen LogP contribution in [0.1, 0.15) is 19.4 Å². The van der Waals surface area contributed by atoms with Gasteiger partial charge >= 0.3 is 11.8 Å². The molecule has 0 saturated carbocycles. The molecule has 0 spiro atoms. The number of hydrogen-bond donors (Lipinski definition) is 3. The molecular weight excluding hydrogens is 342 g/mol. The molecule has 0 aliphatic rings. The lowest BCUT2D eigenvalue weighted by Gasteiger charge is -2.22. The van der Waals surface area contributed by atoms with Crippen molar-refractivity contribution < 1.29 is 9.59 Å². The average molecular weight is 365 g/mol. The van der Waals surface area contributed by atoms with Crippen LogP contribution in [-0.2, 0) is 9.59 Å². The summed E-state index contributed by atoms with van der Waals surface area (Å²) in [6.45, 7) is 7.92. The van der Waals surface area contributed by atoms with Crippen LogP contribution in [0.25, 0.3) is 11.0 Å². The fraction of sp³-hybridized carbons (Fsp3) is 0.250. The van der Waals surface area contributed by atoms with Crippen LogP contribution in [0.3, 0.4) is 0 Å². The Balaban J connectivity index is 1.67. The first-order valence-electron chi connectivity index (χ1n) is 8.93. The number of benzene rings is 2. The van der Waals surface area contributed by atoms with Crippen LogP contribution < -0.4 is 15.5 Å². The van der Waals surface area contributed by atoms with Crippen molar-refractivity contribution in [3.05, 3.63) is 48.3 Å². The van der Waals surface area contributed by atoms with Gasteiger partial charge in [-0.2, -0.15) is 0 Å². The van der Waals surface area contributed by atoms with Gasteiger partial charge in [-0.15, -0.1) is 0 Å². The van der Waals surface area contributed by atoms with Crippen LogP contribution in [0.2, 0.25) is 0 Å². The van der Waals surface area contributed by atoms with Crippen LogP contribution in [0, 0.1) is 6.92 Å². The molecule has 0 aliphatic carbocycles. The van der Waals surface area contributed by atoms with Gasteiger partial charge in [-0.1, -0.05) is 0 Å². The van der Waals surface area contributed by atoms with E-state index in [1.54, 1.807) is 24.5 Å². The molecule has 0 bridgehead atoms. The van der Waals surface area contributed by atoms with Gasteiger partial charge in [-0.3, -0.25) is 9.59 Å². The summed E-state index contributed by atoms with van der Waals surface area (Å²) in [4.78, 5) is 33.8. The summed E-state index contributed by atoms with van der Waals surface area (Å²) >= 11 is 0. The van der Waals surface area contributed by atoms with Gasteiger partial charge < -0.3 is 20.5 Å². The summed E-state index contributed by atoms with van der Waals surface area (Å²) in [5, 5.41) is 5.28. The lowest BCUT2D eigenvalue weighted by molar-refractivity contribution is -0.133. The minimum atomic E-state index is -0.721. The van der Waals surface area contributed by atoms with E-state index in [-0.39, 0.29) is 0 Å². The molecule has 27 heavy (non-hydrogen) atoms. The average Bonchev–Trinajstić information content (AvgIpc) is 3.12. The van der Waals surface area contributed by atoms with Crippen molar-refractivity contribution in [2.75, 3.05) is 28.6 Å². The van der Waals surface area contributed by atoms with Gasteiger partial charge in [0.2, 0.25) is 0 Å². The second-order valence-corrected chi connectivity index (χ2v) is 6.21. The van der Waals surface area contributed by atoms with E-state index in [0.717, 1.165) is 35.4 Å². The number of aromatic nitrogens is 2. The maximum absolute atomic E-state index is 12.3. The Bertz CT molecular complexity index is 975. The normalized spacial score (nSPS) is 10.6. The minimum Gasteiger partial charge on any atom is -0.372 e. The fourth-order valence-electron chi connectivity index (χ4n) is 2.95. The molecule has 3 rings (SSSR count). The number of H-pyrrole nitrogens is 1. The van der Waals surface area contributed by atoms with E-state index >= 15 is 0 Å². The minimum absolute atomic E-state index is 0.528. The molecule has 0 aliphatic heterocycles. The molecule has 2 aromatic carbocycles. The number of fused-ring (bicyclic) bond motifs is 1. The number of carbonyl (C=O) groups is 2. The third kappa shape index (κ3) is 4.08. The molecule has 3 N–H and O–H groups in total. The summed E-state index contributed by atoms with van der Waals surface area (Å²) in [6, 6.07) is 11.0. The van der Waals surface area contributed by atoms with Crippen molar-refractivity contribution in [2.45, 2.75) is 20.8 Å². The lowest BCUT2D eigenvalue weighted by Crippen LogP contribution is -2.29. The summed E-state index contributed by atoms with van der Waals surface area (Å²) in [5.41, 5.74) is 4.72. The number of anilines is 3. The van der Waals surface area contributed by atoms with E-state index in [1.165, 1.54) is 0 Å². The summed E-state index contributed by atoms with van der Waals surface area (Å²) in [6.07, 6.45) is 1.58. The molecule has 2 amide bonds. The Kier molecular flexibility index (Phi) is 5.40. The predicted octanol–water partition coefficient (Wildman–Crippen LogP) is 3.29. The molecule has 0 atom stereocenters. The van der Waals surface area contributed by atoms with Gasteiger partial charge in [0.25, 0.3) is 0 Å². The first kappa shape index (κ1) is 18.4. The van der Waals surface area contributed by atoms with Crippen LogP contribution in [0.5, 0.6) is 0 Å². The van der Waals surface area contributed by atoms with Crippen molar-refractivity contribution in [1.82, 2.24) is 9.97 Å². The first-order valence-corrected chi connectivity index (χ1v) is 8.93. The van der Waals surface area contributed by atoms with Crippen molar-refractivity contribution in [1.29, 1.82) is 0 Å². The van der Waals surface area contributed by atoms with Crippen LogP contribution in [0.4, 0.5) is 17.1 Å². The molecule has 0 unspecified atom stereocenters. The number of aryl methyl sites for hydroxylation is 1. The number of hydrogen-bond acceptors (Lipinski definition) is 4. The summed E-state index contributed by atoms with van der Waals surface area (Å²) < 4.78 is 0. The standard InChI is InChI=1S/C20H23N5O2/c1-4-25(5-2)15-7-9-16(13(3)10-15)24-20(27)19(26)23-14-6-8-17-18(11-14)22-12-21-17/h6-12H,4-5H2,1-3H3,(H,21,22)(H,23,26)(H,24,27). The number of aromatic amines is 1. The van der Waals surface area contributed by atoms with Gasteiger partial charge in [-0.25, -0.2) is 4.98 Å². The third-order valence-corrected chi connectivity index (χ3v) is 4.47. The number of nitrogens with one attached hydrogen (secondary N) is 3. The second-order valence-electron chi connectivity index (χ2n) is 6.21. The Hall–Kier alpha value is -3.35. The second kappa shape index (κ2) is 7.90. The zero-order valence-corrected chi connectivity index (χ0v) is 15.7. The maximum Gasteiger partial charge on any atom is 0.314 e. The lowest BCUT2D eigenvalue weighted by atomic mass is 10.1. The van der Waals surface area contributed by atoms with Crippen LogP contribution in [0.15, 0.2) is 42.7 Å². The van der Waals surface area contributed by atoms with E-state index in [0.29, 0.717) is 11.4 Å². The van der Waals surface area contributed by atoms with Gasteiger partial charge in [0.15, 0.2) is 0 Å². The Labute approximate surface area is 157 Å². The number of nitrogens with zero attached hydrogens (tertiary/aromatic N) is 2. The van der Waals surface area contributed by atoms with E-state index in [4.69, 9.17) is 0 Å². The van der Waals surface area contributed by atoms with Crippen molar-refractivity contribution in [3.63, 3.8) is 0 Å². The fourth-order valence-corrected chi connectivity index (χ4v) is 2.95. The number of carbonyl (C=O) groups excluding carboxylic acids is 2. The quantitative estimate of drug-likeness (QED) is 0.605. The van der Waals surface area contributed by atoms with Gasteiger partial charge in [-0.05, 0) is 62.7 Å². The van der Waals surface area contributed by atoms with E-state index in [9.17, 15) is 9.59 Å². The van der Waals surface area contributed by atoms with Crippen molar-refractivity contribution in [3.8, 4) is 0 Å². The molecule has 0 fully saturated rings.